The van der Waals surface area contributed by atoms with E-state index < -0.39 is 5.91 Å². The van der Waals surface area contributed by atoms with Gasteiger partial charge in [-0.05, 0) is 23.3 Å². The number of nitrogens with one attached hydrogen (secondary N) is 2. The molecule has 0 aliphatic rings. The second-order valence-electron chi connectivity index (χ2n) is 6.69. The lowest BCUT2D eigenvalue weighted by Gasteiger charge is -2.06. The Morgan fingerprint density at radius 2 is 1.67 bits per heavy atom. The summed E-state index contributed by atoms with van der Waals surface area (Å²) >= 11 is 1.55. The number of carbonyl (C=O) groups is 3. The summed E-state index contributed by atoms with van der Waals surface area (Å²) in [6.07, 6.45) is 0.978. The average molecular weight is 423 g/mol. The monoisotopic (exact) mass is 422 g/mol. The zero-order chi connectivity index (χ0) is 21.3. The normalized spacial score (nSPS) is 10.4. The summed E-state index contributed by atoms with van der Waals surface area (Å²) in [5, 5.41) is 8.18. The van der Waals surface area contributed by atoms with Crippen LogP contribution in [0.25, 0.3) is 0 Å². The van der Waals surface area contributed by atoms with Crippen molar-refractivity contribution in [3.8, 4) is 0 Å². The molecule has 0 unspecified atom stereocenters. The first-order chi connectivity index (χ1) is 14.5. The number of hydrogen-bond donors (Lipinski definition) is 3. The summed E-state index contributed by atoms with van der Waals surface area (Å²) in [6.45, 7) is 0.142. The molecule has 0 saturated carbocycles. The van der Waals surface area contributed by atoms with Crippen LogP contribution in [0.1, 0.15) is 32.2 Å². The Hall–Kier alpha value is -3.52. The molecule has 154 valence electrons. The largest absolute Gasteiger partial charge is 0.368 e. The van der Waals surface area contributed by atoms with Crippen molar-refractivity contribution < 1.29 is 14.4 Å². The molecule has 0 aliphatic heterocycles. The summed E-state index contributed by atoms with van der Waals surface area (Å²) in [7, 11) is 0. The van der Waals surface area contributed by atoms with Gasteiger partial charge in [0, 0.05) is 23.9 Å². The maximum atomic E-state index is 12.2. The van der Waals surface area contributed by atoms with Crippen LogP contribution >= 0.6 is 11.3 Å². The van der Waals surface area contributed by atoms with Gasteiger partial charge in [-0.2, -0.15) is 0 Å². The minimum atomic E-state index is -0.602. The van der Waals surface area contributed by atoms with Crippen LogP contribution in [0.3, 0.4) is 0 Å². The molecule has 30 heavy (non-hydrogen) atoms. The van der Waals surface area contributed by atoms with E-state index in [-0.39, 0.29) is 24.8 Å². The van der Waals surface area contributed by atoms with Crippen LogP contribution in [0, 0.1) is 0 Å². The highest BCUT2D eigenvalue weighted by molar-refractivity contribution is 7.09. The number of carbonyl (C=O) groups excluding carboxylic acids is 3. The summed E-state index contributed by atoms with van der Waals surface area (Å²) in [4.78, 5) is 39.3. The number of rotatable bonds is 9. The number of nitrogens with zero attached hydrogens (tertiary/aromatic N) is 1. The Morgan fingerprint density at radius 3 is 2.37 bits per heavy atom. The number of aromatic nitrogens is 1. The predicted octanol–water partition coefficient (Wildman–Crippen LogP) is 1.81. The molecule has 0 bridgehead atoms. The van der Waals surface area contributed by atoms with Gasteiger partial charge in [-0.15, -0.1) is 11.3 Å². The standard InChI is InChI=1S/C22H22N4O3S/c23-19(27)13-25-22(29)17-8-6-16(7-9-17)12-24-20(28)11-18-14-30-21(26-18)10-15-4-2-1-3-5-15/h1-9,14H,10-13H2,(H2,23,27)(H,24,28)(H,25,29). The Bertz CT molecular complexity index is 1020. The molecule has 2 aromatic carbocycles. The van der Waals surface area contributed by atoms with Crippen LogP contribution in [0.5, 0.6) is 0 Å². The Labute approximate surface area is 178 Å². The highest BCUT2D eigenvalue weighted by Gasteiger charge is 2.09. The second kappa shape index (κ2) is 10.3. The van der Waals surface area contributed by atoms with Crippen molar-refractivity contribution in [3.05, 3.63) is 87.4 Å². The lowest BCUT2D eigenvalue weighted by Crippen LogP contribution is -2.33. The van der Waals surface area contributed by atoms with Crippen molar-refractivity contribution in [3.63, 3.8) is 0 Å². The van der Waals surface area contributed by atoms with Gasteiger partial charge in [0.25, 0.3) is 5.91 Å². The fourth-order valence-corrected chi connectivity index (χ4v) is 3.58. The number of hydrogen-bond acceptors (Lipinski definition) is 5. The molecule has 1 aromatic heterocycles. The summed E-state index contributed by atoms with van der Waals surface area (Å²) in [6, 6.07) is 16.9. The van der Waals surface area contributed by atoms with E-state index in [1.54, 1.807) is 35.6 Å². The molecule has 0 aliphatic carbocycles. The van der Waals surface area contributed by atoms with Gasteiger partial charge in [-0.1, -0.05) is 42.5 Å². The molecule has 1 heterocycles. The molecule has 7 nitrogen and oxygen atoms in total. The fraction of sp³-hybridized carbons (Fsp3) is 0.182. The molecular weight excluding hydrogens is 400 g/mol. The molecule has 4 N–H and O–H groups in total. The third-order valence-corrected chi connectivity index (χ3v) is 5.17. The number of benzene rings is 2. The molecular formula is C22H22N4O3S. The third-order valence-electron chi connectivity index (χ3n) is 4.27. The van der Waals surface area contributed by atoms with Crippen LogP contribution in [0.15, 0.2) is 60.0 Å². The number of primary amides is 1. The van der Waals surface area contributed by atoms with Crippen molar-refractivity contribution in [1.82, 2.24) is 15.6 Å². The number of thiazole rings is 1. The lowest BCUT2D eigenvalue weighted by molar-refractivity contribution is -0.120. The third kappa shape index (κ3) is 6.52. The highest BCUT2D eigenvalue weighted by Crippen LogP contribution is 2.15. The summed E-state index contributed by atoms with van der Waals surface area (Å²) < 4.78 is 0. The van der Waals surface area contributed by atoms with Crippen molar-refractivity contribution in [2.75, 3.05) is 6.54 Å². The van der Waals surface area contributed by atoms with Gasteiger partial charge >= 0.3 is 0 Å². The van der Waals surface area contributed by atoms with E-state index in [9.17, 15) is 14.4 Å². The minimum absolute atomic E-state index is 0.116. The van der Waals surface area contributed by atoms with Crippen LogP contribution < -0.4 is 16.4 Å². The van der Waals surface area contributed by atoms with Gasteiger partial charge in [-0.25, -0.2) is 4.98 Å². The Kier molecular flexibility index (Phi) is 7.29. The molecule has 0 radical (unpaired) electrons. The van der Waals surface area contributed by atoms with E-state index in [2.05, 4.69) is 27.8 Å². The van der Waals surface area contributed by atoms with Crippen LogP contribution in [0.4, 0.5) is 0 Å². The number of amides is 3. The highest BCUT2D eigenvalue weighted by atomic mass is 32.1. The van der Waals surface area contributed by atoms with Gasteiger partial charge in [0.2, 0.25) is 11.8 Å². The Balaban J connectivity index is 1.45. The van der Waals surface area contributed by atoms with Gasteiger partial charge in [0.15, 0.2) is 0 Å². The SMILES string of the molecule is NC(=O)CNC(=O)c1ccc(CNC(=O)Cc2csc(Cc3ccccc3)n2)cc1. The second-order valence-corrected chi connectivity index (χ2v) is 7.64. The van der Waals surface area contributed by atoms with E-state index in [1.807, 2.05) is 23.6 Å². The molecule has 3 aromatic rings. The van der Waals surface area contributed by atoms with Crippen molar-refractivity contribution in [2.45, 2.75) is 19.4 Å². The van der Waals surface area contributed by atoms with E-state index in [4.69, 9.17) is 5.73 Å². The van der Waals surface area contributed by atoms with Gasteiger partial charge in [0.05, 0.1) is 23.7 Å². The zero-order valence-electron chi connectivity index (χ0n) is 16.3. The van der Waals surface area contributed by atoms with Crippen LogP contribution in [0.2, 0.25) is 0 Å². The molecule has 0 saturated heterocycles. The first kappa shape index (κ1) is 21.2. The average Bonchev–Trinajstić information content (AvgIpc) is 3.18. The van der Waals surface area contributed by atoms with E-state index >= 15 is 0 Å². The minimum Gasteiger partial charge on any atom is -0.368 e. The summed E-state index contributed by atoms with van der Waals surface area (Å²) in [5.41, 5.74) is 8.22. The first-order valence-electron chi connectivity index (χ1n) is 9.39. The van der Waals surface area contributed by atoms with Crippen LogP contribution in [-0.2, 0) is 29.0 Å². The maximum absolute atomic E-state index is 12.2. The molecule has 3 amide bonds. The van der Waals surface area contributed by atoms with E-state index in [0.717, 1.165) is 22.7 Å². The molecule has 0 spiro atoms. The van der Waals surface area contributed by atoms with E-state index in [0.29, 0.717) is 12.1 Å². The lowest BCUT2D eigenvalue weighted by atomic mass is 10.1. The molecule has 8 heteroatoms. The smallest absolute Gasteiger partial charge is 0.251 e. The quantitative estimate of drug-likeness (QED) is 0.488. The van der Waals surface area contributed by atoms with Crippen molar-refractivity contribution in [1.29, 1.82) is 0 Å². The van der Waals surface area contributed by atoms with Gasteiger partial charge in [0.1, 0.15) is 0 Å². The fourth-order valence-electron chi connectivity index (χ4n) is 2.75. The molecule has 3 rings (SSSR count). The topological polar surface area (TPSA) is 114 Å². The molecule has 0 fully saturated rings. The number of nitrogens with two attached hydrogens (primary N) is 1. The Morgan fingerprint density at radius 1 is 0.933 bits per heavy atom. The van der Waals surface area contributed by atoms with Crippen molar-refractivity contribution >= 4 is 29.1 Å². The predicted molar refractivity (Wildman–Crippen MR) is 115 cm³/mol. The van der Waals surface area contributed by atoms with E-state index in [1.165, 1.54) is 5.56 Å². The molecule has 0 atom stereocenters. The van der Waals surface area contributed by atoms with Crippen molar-refractivity contribution in [2.24, 2.45) is 5.73 Å². The maximum Gasteiger partial charge on any atom is 0.251 e. The van der Waals surface area contributed by atoms with Gasteiger partial charge in [-0.3, -0.25) is 14.4 Å². The zero-order valence-corrected chi connectivity index (χ0v) is 17.1. The summed E-state index contributed by atoms with van der Waals surface area (Å²) in [5.74, 6) is -1.09. The van der Waals surface area contributed by atoms with Crippen LogP contribution in [-0.4, -0.2) is 29.3 Å². The van der Waals surface area contributed by atoms with Gasteiger partial charge < -0.3 is 16.4 Å². The first-order valence-corrected chi connectivity index (χ1v) is 10.3.